The molecule has 1 saturated carbocycles. The van der Waals surface area contributed by atoms with E-state index < -0.39 is 0 Å². The summed E-state index contributed by atoms with van der Waals surface area (Å²) in [7, 11) is 0. The van der Waals surface area contributed by atoms with Crippen LogP contribution >= 0.6 is 27.3 Å². The number of hydrogen-bond donors (Lipinski definition) is 0. The molecule has 0 aliphatic heterocycles. The quantitative estimate of drug-likeness (QED) is 0.829. The van der Waals surface area contributed by atoms with Gasteiger partial charge in [-0.3, -0.25) is 4.79 Å². The van der Waals surface area contributed by atoms with E-state index in [1.807, 2.05) is 23.3 Å². The summed E-state index contributed by atoms with van der Waals surface area (Å²) >= 11 is 4.93. The highest BCUT2D eigenvalue weighted by molar-refractivity contribution is 9.11. The summed E-state index contributed by atoms with van der Waals surface area (Å²) in [4.78, 5) is 13.9. The molecule has 2 rings (SSSR count). The van der Waals surface area contributed by atoms with E-state index in [9.17, 15) is 4.79 Å². The Balaban J connectivity index is 2.13. The highest BCUT2D eigenvalue weighted by Gasteiger charge is 2.31. The molecule has 1 aliphatic rings. The Bertz CT molecular complexity index is 346. The van der Waals surface area contributed by atoms with Crippen LogP contribution in [0.4, 0.5) is 0 Å². The molecule has 0 radical (unpaired) electrons. The van der Waals surface area contributed by atoms with Gasteiger partial charge < -0.3 is 4.90 Å². The van der Waals surface area contributed by atoms with Crippen LogP contribution in [0.25, 0.3) is 0 Å². The molecule has 0 spiro atoms. The zero-order chi connectivity index (χ0) is 10.1. The van der Waals surface area contributed by atoms with Crippen molar-refractivity contribution in [3.05, 3.63) is 20.8 Å². The SMILES string of the molecule is CCN(C(=O)c1csc(Br)c1)C1CC1. The largest absolute Gasteiger partial charge is 0.336 e. The number of nitrogens with zero attached hydrogens (tertiary/aromatic N) is 1. The van der Waals surface area contributed by atoms with Crippen LogP contribution in [0.15, 0.2) is 15.2 Å². The fourth-order valence-electron chi connectivity index (χ4n) is 1.54. The zero-order valence-corrected chi connectivity index (χ0v) is 10.4. The first kappa shape index (κ1) is 10.2. The summed E-state index contributed by atoms with van der Waals surface area (Å²) in [6, 6.07) is 2.41. The van der Waals surface area contributed by atoms with Crippen LogP contribution in [0, 0.1) is 0 Å². The lowest BCUT2D eigenvalue weighted by Gasteiger charge is -2.19. The minimum atomic E-state index is 0.178. The maximum absolute atomic E-state index is 12.0. The van der Waals surface area contributed by atoms with Crippen molar-refractivity contribution in [1.29, 1.82) is 0 Å². The van der Waals surface area contributed by atoms with Gasteiger partial charge in [0.15, 0.2) is 0 Å². The smallest absolute Gasteiger partial charge is 0.254 e. The molecule has 0 atom stereocenters. The molecule has 14 heavy (non-hydrogen) atoms. The van der Waals surface area contributed by atoms with E-state index in [1.54, 1.807) is 11.3 Å². The molecule has 0 bridgehead atoms. The van der Waals surface area contributed by atoms with Gasteiger partial charge in [-0.1, -0.05) is 0 Å². The summed E-state index contributed by atoms with van der Waals surface area (Å²) in [6.45, 7) is 2.86. The molecule has 76 valence electrons. The van der Waals surface area contributed by atoms with Crippen molar-refractivity contribution in [3.63, 3.8) is 0 Å². The molecule has 0 saturated heterocycles. The van der Waals surface area contributed by atoms with E-state index >= 15 is 0 Å². The number of hydrogen-bond acceptors (Lipinski definition) is 2. The Morgan fingerprint density at radius 3 is 2.86 bits per heavy atom. The Morgan fingerprint density at radius 2 is 2.43 bits per heavy atom. The van der Waals surface area contributed by atoms with Gasteiger partial charge in [-0.15, -0.1) is 11.3 Å². The molecule has 4 heteroatoms. The lowest BCUT2D eigenvalue weighted by molar-refractivity contribution is 0.0753. The number of carbonyl (C=O) groups excluding carboxylic acids is 1. The predicted octanol–water partition coefficient (Wildman–Crippen LogP) is 3.14. The molecule has 0 aromatic carbocycles. The molecule has 0 N–H and O–H groups in total. The summed E-state index contributed by atoms with van der Waals surface area (Å²) < 4.78 is 1.02. The van der Waals surface area contributed by atoms with Crippen LogP contribution in [0.3, 0.4) is 0 Å². The standard InChI is InChI=1S/C10H12BrNOS/c1-2-12(8-3-4-8)10(13)7-5-9(11)14-6-7/h5-6,8H,2-4H2,1H3. The van der Waals surface area contributed by atoms with Gasteiger partial charge >= 0.3 is 0 Å². The van der Waals surface area contributed by atoms with E-state index in [2.05, 4.69) is 15.9 Å². The highest BCUT2D eigenvalue weighted by atomic mass is 79.9. The lowest BCUT2D eigenvalue weighted by Crippen LogP contribution is -2.32. The normalized spacial score (nSPS) is 15.6. The van der Waals surface area contributed by atoms with E-state index in [4.69, 9.17) is 0 Å². The number of carbonyl (C=O) groups is 1. The van der Waals surface area contributed by atoms with Crippen molar-refractivity contribution in [2.75, 3.05) is 6.54 Å². The van der Waals surface area contributed by atoms with E-state index in [0.717, 1.165) is 15.9 Å². The van der Waals surface area contributed by atoms with Crippen molar-refractivity contribution in [1.82, 2.24) is 4.90 Å². The van der Waals surface area contributed by atoms with Gasteiger partial charge in [-0.05, 0) is 41.8 Å². The lowest BCUT2D eigenvalue weighted by atomic mass is 10.3. The molecule has 0 unspecified atom stereocenters. The van der Waals surface area contributed by atoms with E-state index in [-0.39, 0.29) is 5.91 Å². The molecule has 1 aromatic heterocycles. The second kappa shape index (κ2) is 4.03. The van der Waals surface area contributed by atoms with Crippen molar-refractivity contribution in [2.24, 2.45) is 0 Å². The fourth-order valence-corrected chi connectivity index (χ4v) is 2.67. The van der Waals surface area contributed by atoms with E-state index in [0.29, 0.717) is 6.04 Å². The van der Waals surface area contributed by atoms with Crippen molar-refractivity contribution in [3.8, 4) is 0 Å². The van der Waals surface area contributed by atoms with Gasteiger partial charge in [-0.2, -0.15) is 0 Å². The van der Waals surface area contributed by atoms with Crippen LogP contribution in [0.5, 0.6) is 0 Å². The van der Waals surface area contributed by atoms with Crippen LogP contribution in [0.1, 0.15) is 30.1 Å². The zero-order valence-electron chi connectivity index (χ0n) is 8.00. The second-order valence-corrected chi connectivity index (χ2v) is 5.75. The van der Waals surface area contributed by atoms with Crippen LogP contribution < -0.4 is 0 Å². The van der Waals surface area contributed by atoms with E-state index in [1.165, 1.54) is 12.8 Å². The third kappa shape index (κ3) is 2.01. The van der Waals surface area contributed by atoms with Gasteiger partial charge in [0.25, 0.3) is 5.91 Å². The number of rotatable bonds is 3. The number of thiophene rings is 1. The predicted molar refractivity (Wildman–Crippen MR) is 61.8 cm³/mol. The van der Waals surface area contributed by atoms with Crippen molar-refractivity contribution >= 4 is 33.2 Å². The Labute approximate surface area is 96.0 Å². The van der Waals surface area contributed by atoms with Gasteiger partial charge in [0.05, 0.1) is 9.35 Å². The van der Waals surface area contributed by atoms with Crippen molar-refractivity contribution in [2.45, 2.75) is 25.8 Å². The molecule has 1 aromatic rings. The third-order valence-electron chi connectivity index (χ3n) is 2.40. The Morgan fingerprint density at radius 1 is 1.71 bits per heavy atom. The Kier molecular flexibility index (Phi) is 2.93. The molecule has 1 amide bonds. The summed E-state index contributed by atoms with van der Waals surface area (Å²) in [5.74, 6) is 0.178. The van der Waals surface area contributed by atoms with Gasteiger partial charge in [0.1, 0.15) is 0 Å². The van der Waals surface area contributed by atoms with Crippen molar-refractivity contribution < 1.29 is 4.79 Å². The Hall–Kier alpha value is -0.350. The molecule has 1 heterocycles. The minimum absolute atomic E-state index is 0.178. The molecule has 1 aliphatic carbocycles. The first-order valence-corrected chi connectivity index (χ1v) is 6.44. The topological polar surface area (TPSA) is 20.3 Å². The van der Waals surface area contributed by atoms with Gasteiger partial charge in [0, 0.05) is 18.0 Å². The molecular weight excluding hydrogens is 262 g/mol. The maximum Gasteiger partial charge on any atom is 0.254 e. The molecule has 2 nitrogen and oxygen atoms in total. The third-order valence-corrected chi connectivity index (χ3v) is 3.91. The molecular formula is C10H12BrNOS. The summed E-state index contributed by atoms with van der Waals surface area (Å²) in [6.07, 6.45) is 2.34. The summed E-state index contributed by atoms with van der Waals surface area (Å²) in [5.41, 5.74) is 0.815. The first-order valence-electron chi connectivity index (χ1n) is 4.77. The summed E-state index contributed by atoms with van der Waals surface area (Å²) in [5, 5.41) is 1.91. The number of amides is 1. The van der Waals surface area contributed by atoms with Gasteiger partial charge in [0.2, 0.25) is 0 Å². The maximum atomic E-state index is 12.0. The monoisotopic (exact) mass is 273 g/mol. The first-order chi connectivity index (χ1) is 6.72. The fraction of sp³-hybridized carbons (Fsp3) is 0.500. The number of halogens is 1. The second-order valence-electron chi connectivity index (χ2n) is 3.46. The van der Waals surface area contributed by atoms with Crippen LogP contribution in [-0.4, -0.2) is 23.4 Å². The average molecular weight is 274 g/mol. The highest BCUT2D eigenvalue weighted by Crippen LogP contribution is 2.29. The average Bonchev–Trinajstić information content (AvgIpc) is 2.90. The minimum Gasteiger partial charge on any atom is -0.336 e. The van der Waals surface area contributed by atoms with Gasteiger partial charge in [-0.25, -0.2) is 0 Å². The molecule has 1 fully saturated rings. The van der Waals surface area contributed by atoms with Crippen LogP contribution in [-0.2, 0) is 0 Å². The van der Waals surface area contributed by atoms with Crippen LogP contribution in [0.2, 0.25) is 0 Å².